The molecule has 1 unspecified atom stereocenters. The summed E-state index contributed by atoms with van der Waals surface area (Å²) in [5, 5.41) is 0. The summed E-state index contributed by atoms with van der Waals surface area (Å²) >= 11 is 0. The predicted molar refractivity (Wildman–Crippen MR) is 49.6 cm³/mol. The van der Waals surface area contributed by atoms with E-state index in [2.05, 4.69) is 0 Å². The van der Waals surface area contributed by atoms with Gasteiger partial charge in [0.05, 0.1) is 0 Å². The molecular formula is C10H14NO. The normalized spacial score (nSPS) is 13.0. The van der Waals surface area contributed by atoms with Crippen molar-refractivity contribution in [3.05, 3.63) is 36.2 Å². The van der Waals surface area contributed by atoms with Gasteiger partial charge in [-0.15, -0.1) is 0 Å². The van der Waals surface area contributed by atoms with Crippen LogP contribution in [0, 0.1) is 5.92 Å². The van der Waals surface area contributed by atoms with E-state index in [4.69, 9.17) is 10.5 Å². The lowest BCUT2D eigenvalue weighted by molar-refractivity contribution is 0.223. The lowest BCUT2D eigenvalue weighted by Crippen LogP contribution is -2.31. The van der Waals surface area contributed by atoms with Crippen LogP contribution in [0.4, 0.5) is 0 Å². The highest BCUT2D eigenvalue weighted by Crippen LogP contribution is 2.12. The highest BCUT2D eigenvalue weighted by atomic mass is 16.5. The van der Waals surface area contributed by atoms with Crippen molar-refractivity contribution in [2.75, 3.05) is 0 Å². The molecule has 0 fully saturated rings. The molecule has 1 rings (SSSR count). The van der Waals surface area contributed by atoms with E-state index in [1.54, 1.807) is 0 Å². The van der Waals surface area contributed by atoms with Gasteiger partial charge in [0, 0.05) is 5.92 Å². The van der Waals surface area contributed by atoms with E-state index in [0.29, 0.717) is 0 Å². The van der Waals surface area contributed by atoms with Gasteiger partial charge in [0.15, 0.2) is 6.23 Å². The van der Waals surface area contributed by atoms with Crippen molar-refractivity contribution in [3.63, 3.8) is 0 Å². The van der Waals surface area contributed by atoms with Crippen molar-refractivity contribution in [3.8, 4) is 5.75 Å². The Bertz CT molecular complexity index is 221. The number of hydrogen-bond acceptors (Lipinski definition) is 2. The lowest BCUT2D eigenvalue weighted by Gasteiger charge is -2.16. The molecule has 1 aromatic rings. The molecule has 0 saturated heterocycles. The molecule has 0 amide bonds. The Balaban J connectivity index is 2.53. The zero-order valence-electron chi connectivity index (χ0n) is 7.45. The minimum absolute atomic E-state index is 0.299. The monoisotopic (exact) mass is 164 g/mol. The molecule has 12 heavy (non-hydrogen) atoms. The number of para-hydroxylation sites is 1. The van der Waals surface area contributed by atoms with E-state index in [-0.39, 0.29) is 6.23 Å². The Morgan fingerprint density at radius 1 is 1.25 bits per heavy atom. The fraction of sp³-hybridized carbons (Fsp3) is 0.300. The first-order valence-electron chi connectivity index (χ1n) is 3.97. The first kappa shape index (κ1) is 9.07. The molecule has 2 heteroatoms. The summed E-state index contributed by atoms with van der Waals surface area (Å²) < 4.78 is 5.42. The third-order valence-corrected chi connectivity index (χ3v) is 1.58. The number of rotatable bonds is 3. The summed E-state index contributed by atoms with van der Waals surface area (Å²) in [5.74, 6) is 1.88. The number of nitrogens with two attached hydrogens (primary N) is 1. The molecule has 1 radical (unpaired) electrons. The second-order valence-electron chi connectivity index (χ2n) is 2.93. The van der Waals surface area contributed by atoms with Crippen LogP contribution in [-0.4, -0.2) is 6.23 Å². The lowest BCUT2D eigenvalue weighted by atomic mass is 10.2. The van der Waals surface area contributed by atoms with Gasteiger partial charge in [-0.3, -0.25) is 5.73 Å². The van der Waals surface area contributed by atoms with E-state index in [9.17, 15) is 0 Å². The van der Waals surface area contributed by atoms with Crippen molar-refractivity contribution >= 4 is 0 Å². The van der Waals surface area contributed by atoms with Crippen LogP contribution in [0.3, 0.4) is 0 Å². The average Bonchev–Trinajstić information content (AvgIpc) is 2.06. The van der Waals surface area contributed by atoms with Crippen LogP contribution in [0.15, 0.2) is 30.3 Å². The number of hydrogen-bond donors (Lipinski definition) is 1. The predicted octanol–water partition coefficient (Wildman–Crippen LogP) is 1.96. The molecule has 1 atom stereocenters. The molecule has 0 aliphatic rings. The minimum atomic E-state index is -0.299. The number of ether oxygens (including phenoxy) is 1. The molecule has 0 saturated carbocycles. The SMILES string of the molecule is C[C](C)C(N)Oc1ccccc1. The van der Waals surface area contributed by atoms with Gasteiger partial charge in [-0.1, -0.05) is 32.0 Å². The van der Waals surface area contributed by atoms with Crippen molar-refractivity contribution in [2.45, 2.75) is 20.1 Å². The first-order chi connectivity index (χ1) is 5.70. The average molecular weight is 164 g/mol. The largest absolute Gasteiger partial charge is 0.475 e. The highest BCUT2D eigenvalue weighted by Gasteiger charge is 2.08. The Labute approximate surface area is 73.3 Å². The Kier molecular flexibility index (Phi) is 3.11. The third kappa shape index (κ3) is 2.55. The zero-order valence-corrected chi connectivity index (χ0v) is 7.45. The summed E-state index contributed by atoms with van der Waals surface area (Å²) in [6.45, 7) is 3.90. The van der Waals surface area contributed by atoms with Crippen LogP contribution in [-0.2, 0) is 0 Å². The maximum absolute atomic E-state index is 5.69. The summed E-state index contributed by atoms with van der Waals surface area (Å²) in [6, 6.07) is 9.58. The minimum Gasteiger partial charge on any atom is -0.475 e. The molecule has 0 aliphatic carbocycles. The molecule has 2 nitrogen and oxygen atoms in total. The van der Waals surface area contributed by atoms with Gasteiger partial charge < -0.3 is 4.74 Å². The van der Waals surface area contributed by atoms with Crippen molar-refractivity contribution in [2.24, 2.45) is 5.73 Å². The van der Waals surface area contributed by atoms with E-state index in [1.807, 2.05) is 44.2 Å². The van der Waals surface area contributed by atoms with Crippen LogP contribution >= 0.6 is 0 Å². The number of benzene rings is 1. The van der Waals surface area contributed by atoms with Gasteiger partial charge in [-0.05, 0) is 12.1 Å². The third-order valence-electron chi connectivity index (χ3n) is 1.58. The summed E-state index contributed by atoms with van der Waals surface area (Å²) in [7, 11) is 0. The summed E-state index contributed by atoms with van der Waals surface area (Å²) in [6.07, 6.45) is -0.299. The first-order valence-corrected chi connectivity index (χ1v) is 3.97. The van der Waals surface area contributed by atoms with Crippen LogP contribution < -0.4 is 10.5 Å². The molecule has 0 aromatic heterocycles. The molecule has 0 bridgehead atoms. The summed E-state index contributed by atoms with van der Waals surface area (Å²) in [5.41, 5.74) is 5.69. The van der Waals surface area contributed by atoms with E-state index >= 15 is 0 Å². The fourth-order valence-electron chi connectivity index (χ4n) is 0.764. The Morgan fingerprint density at radius 3 is 2.33 bits per heavy atom. The molecule has 2 N–H and O–H groups in total. The molecule has 65 valence electrons. The second-order valence-corrected chi connectivity index (χ2v) is 2.93. The van der Waals surface area contributed by atoms with Crippen LogP contribution in [0.5, 0.6) is 5.75 Å². The molecule has 0 spiro atoms. The van der Waals surface area contributed by atoms with Crippen molar-refractivity contribution in [1.82, 2.24) is 0 Å². The highest BCUT2D eigenvalue weighted by molar-refractivity contribution is 5.21. The smallest absolute Gasteiger partial charge is 0.153 e. The second kappa shape index (κ2) is 4.12. The van der Waals surface area contributed by atoms with Gasteiger partial charge in [0.1, 0.15) is 5.75 Å². The maximum Gasteiger partial charge on any atom is 0.153 e. The zero-order chi connectivity index (χ0) is 8.97. The topological polar surface area (TPSA) is 35.2 Å². The van der Waals surface area contributed by atoms with E-state index in [0.717, 1.165) is 11.7 Å². The van der Waals surface area contributed by atoms with Gasteiger partial charge in [0.2, 0.25) is 0 Å². The molecule has 0 aliphatic heterocycles. The summed E-state index contributed by atoms with van der Waals surface area (Å²) in [4.78, 5) is 0. The van der Waals surface area contributed by atoms with Crippen LogP contribution in [0.25, 0.3) is 0 Å². The molecule has 1 aromatic carbocycles. The molecule has 0 heterocycles. The van der Waals surface area contributed by atoms with Crippen molar-refractivity contribution < 1.29 is 4.74 Å². The Morgan fingerprint density at radius 2 is 1.83 bits per heavy atom. The standard InChI is InChI=1S/C10H14NO/c1-8(2)10(11)12-9-6-4-3-5-7-9/h3-7,10H,11H2,1-2H3. The maximum atomic E-state index is 5.69. The quantitative estimate of drug-likeness (QED) is 0.693. The molecular weight excluding hydrogens is 150 g/mol. The Hall–Kier alpha value is -1.02. The van der Waals surface area contributed by atoms with Gasteiger partial charge in [0.25, 0.3) is 0 Å². The van der Waals surface area contributed by atoms with Gasteiger partial charge >= 0.3 is 0 Å². The van der Waals surface area contributed by atoms with Gasteiger partial charge in [-0.2, -0.15) is 0 Å². The fourth-order valence-corrected chi connectivity index (χ4v) is 0.764. The van der Waals surface area contributed by atoms with Crippen LogP contribution in [0.2, 0.25) is 0 Å². The van der Waals surface area contributed by atoms with Crippen molar-refractivity contribution in [1.29, 1.82) is 0 Å². The van der Waals surface area contributed by atoms with E-state index in [1.165, 1.54) is 0 Å². The van der Waals surface area contributed by atoms with Crippen LogP contribution in [0.1, 0.15) is 13.8 Å². The van der Waals surface area contributed by atoms with Gasteiger partial charge in [-0.25, -0.2) is 0 Å². The van der Waals surface area contributed by atoms with E-state index < -0.39 is 0 Å².